The zero-order valence-electron chi connectivity index (χ0n) is 17.8. The van der Waals surface area contributed by atoms with E-state index in [0.29, 0.717) is 28.1 Å². The summed E-state index contributed by atoms with van der Waals surface area (Å²) in [6.07, 6.45) is 10.7. The minimum absolute atomic E-state index is 0.0238. The highest BCUT2D eigenvalue weighted by atomic mass is 35.5. The molecule has 172 valence electrons. The number of nitrogens with zero attached hydrogens (tertiary/aromatic N) is 5. The van der Waals surface area contributed by atoms with Gasteiger partial charge in [0.05, 0.1) is 29.4 Å². The van der Waals surface area contributed by atoms with Crippen molar-refractivity contribution >= 4 is 34.8 Å². The normalized spacial score (nSPS) is 30.0. The van der Waals surface area contributed by atoms with Gasteiger partial charge in [0, 0.05) is 16.8 Å². The number of carbonyl (C=O) groups excluding carboxylic acids is 1. The van der Waals surface area contributed by atoms with Crippen LogP contribution in [0.15, 0.2) is 36.9 Å². The fourth-order valence-corrected chi connectivity index (χ4v) is 7.19. The van der Waals surface area contributed by atoms with Crippen LogP contribution in [0.1, 0.15) is 44.1 Å². The van der Waals surface area contributed by atoms with Gasteiger partial charge in [0.25, 0.3) is 0 Å². The molecule has 1 amide bonds. The maximum atomic E-state index is 14.1. The summed E-state index contributed by atoms with van der Waals surface area (Å²) in [7, 11) is 0. The third-order valence-electron chi connectivity index (χ3n) is 7.73. The molecule has 2 heterocycles. The summed E-state index contributed by atoms with van der Waals surface area (Å²) in [6.45, 7) is 0.187. The molecule has 4 aliphatic carbocycles. The fourth-order valence-electron chi connectivity index (χ4n) is 6.84. The Hall–Kier alpha value is -2.45. The van der Waals surface area contributed by atoms with Crippen molar-refractivity contribution in [1.29, 1.82) is 0 Å². The first-order valence-corrected chi connectivity index (χ1v) is 11.9. The van der Waals surface area contributed by atoms with Crippen LogP contribution < -0.4 is 5.32 Å². The smallest absolute Gasteiger partial charge is 0.242 e. The van der Waals surface area contributed by atoms with E-state index in [1.165, 1.54) is 12.5 Å². The molecule has 10 heteroatoms. The molecule has 4 fully saturated rings. The standard InChI is InChI=1S/C23H23Cl2FN6O/c24-18-2-1-3-19(26)17(18)11-31-10-16(9-28-31)29-20(33)22-5-14-4-15(6-22)8-23(7-14,12-22)32-13-27-21(25)30-32/h1-3,9-10,13-15H,4-8,11-12H2,(H,29,33). The summed E-state index contributed by atoms with van der Waals surface area (Å²) in [5.41, 5.74) is 0.322. The lowest BCUT2D eigenvalue weighted by molar-refractivity contribution is -0.150. The molecule has 0 saturated heterocycles. The summed E-state index contributed by atoms with van der Waals surface area (Å²) in [5.74, 6) is 0.628. The second-order valence-electron chi connectivity index (χ2n) is 10.0. The van der Waals surface area contributed by atoms with Gasteiger partial charge in [0.2, 0.25) is 11.2 Å². The van der Waals surface area contributed by atoms with Crippen molar-refractivity contribution in [2.75, 3.05) is 5.32 Å². The summed E-state index contributed by atoms with van der Waals surface area (Å²) in [6, 6.07) is 4.59. The second-order valence-corrected chi connectivity index (χ2v) is 10.8. The van der Waals surface area contributed by atoms with Crippen LogP contribution in [-0.2, 0) is 16.9 Å². The number of benzene rings is 1. The Kier molecular flexibility index (Phi) is 4.82. The van der Waals surface area contributed by atoms with E-state index in [0.717, 1.165) is 32.1 Å². The Bertz CT molecular complexity index is 1210. The van der Waals surface area contributed by atoms with Gasteiger partial charge < -0.3 is 5.32 Å². The predicted molar refractivity (Wildman–Crippen MR) is 121 cm³/mol. The van der Waals surface area contributed by atoms with E-state index >= 15 is 0 Å². The van der Waals surface area contributed by atoms with Gasteiger partial charge in [-0.25, -0.2) is 14.1 Å². The van der Waals surface area contributed by atoms with Crippen LogP contribution in [0.2, 0.25) is 10.3 Å². The minimum Gasteiger partial charge on any atom is -0.323 e. The van der Waals surface area contributed by atoms with Gasteiger partial charge in [-0.3, -0.25) is 9.48 Å². The van der Waals surface area contributed by atoms with Crippen molar-refractivity contribution in [3.63, 3.8) is 0 Å². The predicted octanol–water partition coefficient (Wildman–Crippen LogP) is 4.90. The molecule has 33 heavy (non-hydrogen) atoms. The number of hydrogen-bond acceptors (Lipinski definition) is 4. The maximum Gasteiger partial charge on any atom is 0.242 e. The number of aromatic nitrogens is 5. The van der Waals surface area contributed by atoms with E-state index in [1.807, 2.05) is 4.68 Å². The van der Waals surface area contributed by atoms with E-state index in [4.69, 9.17) is 23.2 Å². The summed E-state index contributed by atoms with van der Waals surface area (Å²) >= 11 is 12.2. The fraction of sp³-hybridized carbons (Fsp3) is 0.478. The van der Waals surface area contributed by atoms with Gasteiger partial charge in [0.15, 0.2) is 0 Å². The zero-order chi connectivity index (χ0) is 22.8. The van der Waals surface area contributed by atoms with Crippen LogP contribution in [0.3, 0.4) is 0 Å². The van der Waals surface area contributed by atoms with Gasteiger partial charge in [-0.15, -0.1) is 5.10 Å². The number of halogens is 3. The third kappa shape index (κ3) is 3.54. The summed E-state index contributed by atoms with van der Waals surface area (Å²) in [4.78, 5) is 17.7. The average Bonchev–Trinajstić information content (AvgIpc) is 3.39. The second kappa shape index (κ2) is 7.53. The maximum absolute atomic E-state index is 14.1. The Morgan fingerprint density at radius 2 is 2.00 bits per heavy atom. The number of anilines is 1. The quantitative estimate of drug-likeness (QED) is 0.553. The van der Waals surface area contributed by atoms with Crippen LogP contribution in [-0.4, -0.2) is 30.5 Å². The van der Waals surface area contributed by atoms with Crippen molar-refractivity contribution in [2.24, 2.45) is 17.3 Å². The molecule has 1 N–H and O–H groups in total. The van der Waals surface area contributed by atoms with E-state index in [-0.39, 0.29) is 29.1 Å². The number of nitrogens with one attached hydrogen (secondary N) is 1. The van der Waals surface area contributed by atoms with Crippen LogP contribution in [0.25, 0.3) is 0 Å². The highest BCUT2D eigenvalue weighted by molar-refractivity contribution is 6.31. The molecule has 2 aromatic heterocycles. The van der Waals surface area contributed by atoms with Crippen molar-refractivity contribution < 1.29 is 9.18 Å². The third-order valence-corrected chi connectivity index (χ3v) is 8.26. The molecule has 4 saturated carbocycles. The van der Waals surface area contributed by atoms with Gasteiger partial charge in [0.1, 0.15) is 12.1 Å². The van der Waals surface area contributed by atoms with E-state index < -0.39 is 5.41 Å². The first kappa shape index (κ1) is 21.1. The minimum atomic E-state index is -0.445. The van der Waals surface area contributed by atoms with E-state index in [9.17, 15) is 9.18 Å². The van der Waals surface area contributed by atoms with Crippen molar-refractivity contribution in [2.45, 2.75) is 50.6 Å². The highest BCUT2D eigenvalue weighted by Crippen LogP contribution is 2.64. The van der Waals surface area contributed by atoms with Gasteiger partial charge >= 0.3 is 0 Å². The highest BCUT2D eigenvalue weighted by Gasteiger charge is 2.61. The molecule has 0 spiro atoms. The van der Waals surface area contributed by atoms with Crippen LogP contribution >= 0.6 is 23.2 Å². The Morgan fingerprint density at radius 1 is 1.21 bits per heavy atom. The van der Waals surface area contributed by atoms with Crippen molar-refractivity contribution in [3.05, 3.63) is 58.6 Å². The first-order valence-electron chi connectivity index (χ1n) is 11.2. The van der Waals surface area contributed by atoms with Crippen LogP contribution in [0.5, 0.6) is 0 Å². The Morgan fingerprint density at radius 3 is 2.70 bits per heavy atom. The Labute approximate surface area is 200 Å². The topological polar surface area (TPSA) is 77.6 Å². The molecule has 4 bridgehead atoms. The number of rotatable bonds is 5. The molecule has 0 aliphatic heterocycles. The molecule has 7 nitrogen and oxygen atoms in total. The van der Waals surface area contributed by atoms with Crippen molar-refractivity contribution in [3.8, 4) is 0 Å². The molecule has 2 atom stereocenters. The Balaban J connectivity index is 1.22. The van der Waals surface area contributed by atoms with Gasteiger partial charge in [-0.2, -0.15) is 5.10 Å². The largest absolute Gasteiger partial charge is 0.323 e. The molecule has 0 radical (unpaired) electrons. The average molecular weight is 489 g/mol. The first-order chi connectivity index (χ1) is 15.8. The zero-order valence-corrected chi connectivity index (χ0v) is 19.4. The molecular formula is C23H23Cl2FN6O. The monoisotopic (exact) mass is 488 g/mol. The molecule has 1 aromatic carbocycles. The van der Waals surface area contributed by atoms with Crippen LogP contribution in [0, 0.1) is 23.1 Å². The molecule has 2 unspecified atom stereocenters. The van der Waals surface area contributed by atoms with Gasteiger partial charge in [-0.05, 0) is 74.1 Å². The van der Waals surface area contributed by atoms with E-state index in [2.05, 4.69) is 20.5 Å². The summed E-state index contributed by atoms with van der Waals surface area (Å²) < 4.78 is 17.6. The lowest BCUT2D eigenvalue weighted by atomic mass is 9.46. The number of amides is 1. The molecule has 7 rings (SSSR count). The SMILES string of the molecule is O=C(Nc1cnn(Cc2c(F)cccc2Cl)c1)C12CC3CC(C1)CC(n1cnc(Cl)n1)(C3)C2. The molecule has 4 aliphatic rings. The molecular weight excluding hydrogens is 466 g/mol. The lowest BCUT2D eigenvalue weighted by Crippen LogP contribution is -2.60. The van der Waals surface area contributed by atoms with Crippen molar-refractivity contribution in [1.82, 2.24) is 24.5 Å². The number of hydrogen-bond donors (Lipinski definition) is 1. The lowest BCUT2D eigenvalue weighted by Gasteiger charge is -2.60. The molecule has 3 aromatic rings. The summed E-state index contributed by atoms with van der Waals surface area (Å²) in [5, 5.41) is 12.4. The van der Waals surface area contributed by atoms with Crippen LogP contribution in [0.4, 0.5) is 10.1 Å². The van der Waals surface area contributed by atoms with E-state index in [1.54, 1.807) is 35.5 Å². The van der Waals surface area contributed by atoms with Gasteiger partial charge in [-0.1, -0.05) is 17.7 Å². The number of carbonyl (C=O) groups is 1.